The minimum atomic E-state index is -1.86. The number of primary amides is 2. The van der Waals surface area contributed by atoms with Gasteiger partial charge in [0, 0.05) is 76.1 Å². The van der Waals surface area contributed by atoms with E-state index in [0.717, 1.165) is 27.0 Å². The van der Waals surface area contributed by atoms with Gasteiger partial charge in [0.1, 0.15) is 78.0 Å². The molecule has 1 aliphatic heterocycles. The van der Waals surface area contributed by atoms with Gasteiger partial charge in [0.2, 0.25) is 76.8 Å². The summed E-state index contributed by atoms with van der Waals surface area (Å²) in [7, 11) is 1.56. The lowest BCUT2D eigenvalue weighted by atomic mass is 10.00. The highest BCUT2D eigenvalue weighted by Crippen LogP contribution is 2.26. The quantitative estimate of drug-likeness (QED) is 0.00643. The Morgan fingerprint density at radius 2 is 0.821 bits per heavy atom. The first kappa shape index (κ1) is 116. The van der Waals surface area contributed by atoms with E-state index in [9.17, 15) is 29.4 Å². The van der Waals surface area contributed by atoms with E-state index < -0.39 is 185 Å². The van der Waals surface area contributed by atoms with Gasteiger partial charge in [0.25, 0.3) is 0 Å². The molecule has 0 saturated carbocycles. The molecular formula is C89H141N33O16S2. The van der Waals surface area contributed by atoms with Crippen LogP contribution in [0.3, 0.4) is 0 Å². The van der Waals surface area contributed by atoms with Crippen molar-refractivity contribution in [2.45, 2.75) is 220 Å². The number of amides is 15. The third-order valence-electron chi connectivity index (χ3n) is 21.9. The number of hydrogen-bond acceptors (Lipinski definition) is 26. The fourth-order valence-electron chi connectivity index (χ4n) is 14.3. The van der Waals surface area contributed by atoms with Gasteiger partial charge in [-0.25, -0.2) is 4.79 Å². The van der Waals surface area contributed by atoms with Crippen LogP contribution in [0.5, 0.6) is 11.5 Å². The van der Waals surface area contributed by atoms with Crippen LogP contribution in [-0.2, 0) is 81.6 Å². The summed E-state index contributed by atoms with van der Waals surface area (Å²) in [6.07, 6.45) is 2.95. The van der Waals surface area contributed by atoms with Gasteiger partial charge in [-0.05, 0) is 180 Å². The zero-order chi connectivity index (χ0) is 103. The maximum absolute atomic E-state index is 16.0. The van der Waals surface area contributed by atoms with Gasteiger partial charge in [-0.15, -0.1) is 0 Å². The smallest absolute Gasteiger partial charge is 0.312 e. The van der Waals surface area contributed by atoms with Crippen LogP contribution in [0.15, 0.2) is 128 Å². The number of hydrogen-bond donors (Lipinski definition) is 30. The third kappa shape index (κ3) is 45.8. The molecule has 0 fully saturated rings. The molecule has 1 heterocycles. The molecule has 15 amide bonds. The molecule has 4 aromatic rings. The average molecular weight is 1990 g/mol. The molecule has 770 valence electrons. The molecule has 51 heteroatoms. The van der Waals surface area contributed by atoms with Crippen LogP contribution < -0.4 is 155 Å². The van der Waals surface area contributed by atoms with E-state index in [4.69, 9.17) is 86.0 Å². The van der Waals surface area contributed by atoms with Crippen molar-refractivity contribution in [1.29, 1.82) is 0 Å². The summed E-state index contributed by atoms with van der Waals surface area (Å²) < 4.78 is 0. The van der Waals surface area contributed by atoms with Crippen LogP contribution in [0, 0.1) is 5.92 Å². The summed E-state index contributed by atoms with van der Waals surface area (Å²) in [6.45, 7) is 1.58. The number of aliphatic imine (C=N–C) groups is 5. The number of nitrogens with zero attached hydrogens (tertiary/aromatic N) is 5. The van der Waals surface area contributed by atoms with Gasteiger partial charge in [-0.3, -0.25) is 87.3 Å². The molecule has 0 saturated heterocycles. The highest BCUT2D eigenvalue weighted by Gasteiger charge is 2.38. The number of benzene rings is 4. The van der Waals surface area contributed by atoms with Crippen LogP contribution in [0.25, 0.3) is 10.8 Å². The van der Waals surface area contributed by atoms with Gasteiger partial charge in [0.15, 0.2) is 29.8 Å². The Hall–Kier alpha value is -14.2. The molecule has 14 atom stereocenters. The second kappa shape index (κ2) is 63.3. The van der Waals surface area contributed by atoms with Gasteiger partial charge in [0.05, 0.1) is 12.0 Å². The summed E-state index contributed by atoms with van der Waals surface area (Å²) in [5.41, 5.74) is 87.4. The van der Waals surface area contributed by atoms with Crippen molar-refractivity contribution in [3.8, 4) is 11.5 Å². The average Bonchev–Trinajstić information content (AvgIpc) is 0.821. The van der Waals surface area contributed by atoms with Gasteiger partial charge >= 0.3 is 6.03 Å². The molecule has 1 aliphatic rings. The predicted molar refractivity (Wildman–Crippen MR) is 537 cm³/mol. The number of fused-ring (bicyclic) bond motifs is 1. The monoisotopic (exact) mass is 1990 g/mol. The minimum absolute atomic E-state index is 0.00579. The zero-order valence-corrected chi connectivity index (χ0v) is 80.3. The number of phenolic OH excluding ortho intramolecular Hbond substituents is 2. The lowest BCUT2D eigenvalue weighted by molar-refractivity contribution is -0.135. The van der Waals surface area contributed by atoms with E-state index in [0.29, 0.717) is 41.3 Å². The fourth-order valence-corrected chi connectivity index (χ4v) is 16.6. The SMILES string of the molecule is C[C@H]1/C=C\[C@@H](CCCCN)NC(=O)[C@H](CCCCN)NC(=O)[C@@H](CCCN=C(N)N)NC(=O)[C@H](Cc2ccc(O)cc2)NC(=O)[C@@H](NC(=O)[C@H](Cc2ccc3ccccc3c2)NC(=O)[C@H](CCCN=C(N)N)NC(=O)[C@@H](N)CCCN=C(N)N)CSSC[C@@H](C(=O)N[C@@H](CCCN=C(N)N)C(N)=O)NC(=O)C(CCCNC(N)=O)NC(=O)[C@@H](CCCN=C(N)N)NC(=O)[C@H](Cc2ccc(O)cc2)NC1=O. The van der Waals surface area contributed by atoms with Crippen molar-refractivity contribution in [1.82, 2.24) is 69.1 Å². The van der Waals surface area contributed by atoms with Crippen molar-refractivity contribution < 1.29 is 77.3 Å². The zero-order valence-electron chi connectivity index (χ0n) is 78.6. The number of unbranched alkanes of at least 4 members (excludes halogenated alkanes) is 2. The minimum Gasteiger partial charge on any atom is -0.508 e. The van der Waals surface area contributed by atoms with Crippen molar-refractivity contribution in [2.24, 2.45) is 117 Å². The van der Waals surface area contributed by atoms with Crippen LogP contribution in [0.4, 0.5) is 4.79 Å². The number of nitrogens with two attached hydrogens (primary N) is 15. The maximum atomic E-state index is 16.0. The van der Waals surface area contributed by atoms with E-state index in [-0.39, 0.29) is 203 Å². The third-order valence-corrected chi connectivity index (χ3v) is 24.3. The summed E-state index contributed by atoms with van der Waals surface area (Å²) in [6, 6.07) is 2.75. The number of urea groups is 1. The second-order valence-electron chi connectivity index (χ2n) is 33.4. The normalized spacial score (nSPS) is 20.1. The Labute approximate surface area is 819 Å². The van der Waals surface area contributed by atoms with E-state index in [2.05, 4.69) is 94.1 Å². The van der Waals surface area contributed by atoms with Crippen molar-refractivity contribution >= 4 is 145 Å². The van der Waals surface area contributed by atoms with E-state index in [1.54, 1.807) is 36.4 Å². The second-order valence-corrected chi connectivity index (χ2v) is 36.0. The lowest BCUT2D eigenvalue weighted by Crippen LogP contribution is -2.61. The lowest BCUT2D eigenvalue weighted by Gasteiger charge is -2.28. The van der Waals surface area contributed by atoms with Gasteiger partial charge in [-0.1, -0.05) is 107 Å². The van der Waals surface area contributed by atoms with E-state index in [1.165, 1.54) is 61.5 Å². The Bertz CT molecular complexity index is 4900. The van der Waals surface area contributed by atoms with E-state index >= 15 is 47.9 Å². The van der Waals surface area contributed by atoms with Crippen LogP contribution in [0.2, 0.25) is 0 Å². The summed E-state index contributed by atoms with van der Waals surface area (Å²) in [4.78, 5) is 228. The number of rotatable bonds is 47. The summed E-state index contributed by atoms with van der Waals surface area (Å²) >= 11 is 0. The molecular weight excluding hydrogens is 1850 g/mol. The van der Waals surface area contributed by atoms with Gasteiger partial charge < -0.3 is 165 Å². The van der Waals surface area contributed by atoms with Crippen LogP contribution >= 0.6 is 21.6 Å². The number of phenols is 2. The molecule has 0 aliphatic carbocycles. The van der Waals surface area contributed by atoms with Crippen LogP contribution in [0.1, 0.15) is 139 Å². The molecule has 4 aromatic carbocycles. The molecule has 49 nitrogen and oxygen atoms in total. The molecule has 1 unspecified atom stereocenters. The van der Waals surface area contributed by atoms with Crippen molar-refractivity contribution in [3.63, 3.8) is 0 Å². The number of aromatic hydroxyl groups is 2. The standard InChI is InChI=1S/C89H141N33O16S2/c1-50-24-31-56(16-4-6-36-90)111-74(128)61(18-5-7-37-91)114-75(129)63(21-11-41-108-87(100)101)117-80(134)67(46-52-28-34-58(124)35-29-52)120-83(137)70(122-81(135)68(47-53-25-30-54-14-2-3-15-55(54)44-53)119-77(131)62(20-10-40-107-86(98)99)113-73(127)59(92)17-8-38-105-84(94)95)49-140-139-48-69(82(136)112-60(71(93)125)19-9-39-106-85(96)97)121-78(132)65(23-13-43-110-89(104)138)115-76(130)64(22-12-42-109-88(102)103)116-79(133)66(118-72(50)126)45-51-26-32-57(123)33-27-51/h2-3,14-15,24-35,44,50,56,59-70,123-124H,4-13,16-23,36-43,45-49,90-92H2,1H3,(H2,93,125)(H,111,128)(H,112,136)(H,113,127)(H,114,129)(H,115,130)(H,116,133)(H,117,134)(H,118,126)(H,119,131)(H,120,137)(H,121,132)(H,122,135)(H4,94,95,105)(H4,96,97,106)(H4,98,99,107)(H4,100,101,108)(H4,102,103,109)(H3,104,110,138)/b31-24-/t50-,56+,59-,60-,61-,62-,63+,64+,65?,66-,67-,68-,69-,70-/m0/s1. The molecule has 0 aromatic heterocycles. The largest absolute Gasteiger partial charge is 0.508 e. The Morgan fingerprint density at radius 3 is 1.31 bits per heavy atom. The van der Waals surface area contributed by atoms with Crippen LogP contribution in [-0.4, -0.2) is 265 Å². The Kier molecular flexibility index (Phi) is 52.6. The number of nitrogens with one attached hydrogen (secondary N) is 13. The first-order chi connectivity index (χ1) is 66.7. The topological polar surface area (TPSA) is 888 Å². The first-order valence-electron chi connectivity index (χ1n) is 46.1. The number of carbonyl (C=O) groups excluding carboxylic acids is 14. The highest BCUT2D eigenvalue weighted by atomic mass is 33.1. The summed E-state index contributed by atoms with van der Waals surface area (Å²) in [5, 5.41) is 57.7. The summed E-state index contributed by atoms with van der Waals surface area (Å²) in [5.74, 6) is -16.5. The molecule has 45 N–H and O–H groups in total. The van der Waals surface area contributed by atoms with Gasteiger partial charge in [-0.2, -0.15) is 0 Å². The molecule has 140 heavy (non-hydrogen) atoms. The first-order valence-corrected chi connectivity index (χ1v) is 48.6. The van der Waals surface area contributed by atoms with E-state index in [1.807, 2.05) is 12.1 Å². The Balaban J connectivity index is 1.84. The predicted octanol–water partition coefficient (Wildman–Crippen LogP) is -6.53. The molecule has 0 bridgehead atoms. The maximum Gasteiger partial charge on any atom is 0.312 e. The number of guanidine groups is 5. The highest BCUT2D eigenvalue weighted by molar-refractivity contribution is 8.76. The Morgan fingerprint density at radius 1 is 0.407 bits per heavy atom. The van der Waals surface area contributed by atoms with Crippen molar-refractivity contribution in [2.75, 3.05) is 63.9 Å². The van der Waals surface area contributed by atoms with Crippen molar-refractivity contribution in [3.05, 3.63) is 120 Å². The number of carbonyl (C=O) groups is 14. The fraction of sp³-hybridized carbons (Fsp3) is 0.517. The molecule has 5 rings (SSSR count). The molecule has 0 spiro atoms. The molecule has 0 radical (unpaired) electrons.